The fourth-order valence-electron chi connectivity index (χ4n) is 1.64. The Labute approximate surface area is 93.8 Å². The minimum Gasteiger partial charge on any atom is -0.385 e. The molecule has 2 aromatic rings. The zero-order valence-electron chi connectivity index (χ0n) is 8.99. The van der Waals surface area contributed by atoms with Gasteiger partial charge in [-0.15, -0.1) is 0 Å². The van der Waals surface area contributed by atoms with Crippen LogP contribution in [0.3, 0.4) is 0 Å². The van der Waals surface area contributed by atoms with E-state index >= 15 is 0 Å². The molecular formula is C12H14N2O2. The molecule has 0 radical (unpaired) electrons. The van der Waals surface area contributed by atoms with Crippen molar-refractivity contribution in [2.45, 2.75) is 12.2 Å². The van der Waals surface area contributed by atoms with Gasteiger partial charge in [-0.3, -0.25) is 0 Å². The van der Waals surface area contributed by atoms with Crippen LogP contribution >= 0.6 is 0 Å². The zero-order chi connectivity index (χ0) is 11.5. The van der Waals surface area contributed by atoms with Gasteiger partial charge in [0.15, 0.2) is 0 Å². The van der Waals surface area contributed by atoms with E-state index in [1.165, 1.54) is 0 Å². The summed E-state index contributed by atoms with van der Waals surface area (Å²) in [6, 6.07) is 9.06. The summed E-state index contributed by atoms with van der Waals surface area (Å²) < 4.78 is 1.69. The lowest BCUT2D eigenvalue weighted by atomic mass is 10.0. The molecule has 0 bridgehead atoms. The standard InChI is InChI=1S/C12H14N2O2/c1-14-8-7-13-12(14)11(16)10(15)9-5-3-2-4-6-9/h2-8,10-11,15-16H,1H3. The monoisotopic (exact) mass is 218 g/mol. The summed E-state index contributed by atoms with van der Waals surface area (Å²) in [5.41, 5.74) is 0.679. The van der Waals surface area contributed by atoms with Gasteiger partial charge in [-0.25, -0.2) is 4.98 Å². The van der Waals surface area contributed by atoms with Crippen LogP contribution in [-0.2, 0) is 7.05 Å². The van der Waals surface area contributed by atoms with E-state index in [2.05, 4.69) is 4.98 Å². The third-order valence-corrected chi connectivity index (χ3v) is 2.56. The maximum atomic E-state index is 9.98. The average Bonchev–Trinajstić information content (AvgIpc) is 2.75. The molecule has 4 heteroatoms. The first-order valence-corrected chi connectivity index (χ1v) is 5.08. The lowest BCUT2D eigenvalue weighted by Gasteiger charge is -2.17. The smallest absolute Gasteiger partial charge is 0.142 e. The molecule has 16 heavy (non-hydrogen) atoms. The Hall–Kier alpha value is -1.65. The summed E-state index contributed by atoms with van der Waals surface area (Å²) in [5.74, 6) is 0.455. The lowest BCUT2D eigenvalue weighted by Crippen LogP contribution is -2.14. The van der Waals surface area contributed by atoms with Crippen molar-refractivity contribution < 1.29 is 10.2 Å². The average molecular weight is 218 g/mol. The predicted octanol–water partition coefficient (Wildman–Crippen LogP) is 1.19. The topological polar surface area (TPSA) is 58.3 Å². The van der Waals surface area contributed by atoms with Crippen LogP contribution in [-0.4, -0.2) is 19.8 Å². The van der Waals surface area contributed by atoms with E-state index in [1.54, 1.807) is 36.1 Å². The number of imidazole rings is 1. The fraction of sp³-hybridized carbons (Fsp3) is 0.250. The molecule has 2 rings (SSSR count). The number of aliphatic hydroxyl groups is 2. The molecule has 1 aromatic heterocycles. The number of aryl methyl sites for hydroxylation is 1. The fourth-order valence-corrected chi connectivity index (χ4v) is 1.64. The van der Waals surface area contributed by atoms with Crippen molar-refractivity contribution in [3.63, 3.8) is 0 Å². The van der Waals surface area contributed by atoms with Crippen molar-refractivity contribution in [3.05, 3.63) is 54.1 Å². The third kappa shape index (κ3) is 1.98. The van der Waals surface area contributed by atoms with Crippen LogP contribution in [0.1, 0.15) is 23.6 Å². The maximum Gasteiger partial charge on any atom is 0.142 e. The molecule has 0 amide bonds. The first-order valence-electron chi connectivity index (χ1n) is 5.08. The molecule has 2 N–H and O–H groups in total. The highest BCUT2D eigenvalue weighted by molar-refractivity contribution is 5.19. The van der Waals surface area contributed by atoms with Gasteiger partial charge in [-0.1, -0.05) is 30.3 Å². The van der Waals surface area contributed by atoms with Crippen molar-refractivity contribution >= 4 is 0 Å². The molecule has 0 aliphatic carbocycles. The molecule has 0 aliphatic rings. The Morgan fingerprint density at radius 2 is 1.81 bits per heavy atom. The number of aliphatic hydroxyl groups excluding tert-OH is 2. The van der Waals surface area contributed by atoms with Crippen LogP contribution in [0.25, 0.3) is 0 Å². The number of rotatable bonds is 3. The second-order valence-corrected chi connectivity index (χ2v) is 3.70. The Balaban J connectivity index is 2.23. The molecule has 0 fully saturated rings. The van der Waals surface area contributed by atoms with Crippen LogP contribution in [0.5, 0.6) is 0 Å². The minimum atomic E-state index is -1.01. The largest absolute Gasteiger partial charge is 0.385 e. The molecule has 1 heterocycles. The molecule has 84 valence electrons. The molecule has 4 nitrogen and oxygen atoms in total. The first kappa shape index (κ1) is 10.9. The van der Waals surface area contributed by atoms with E-state index < -0.39 is 12.2 Å². The van der Waals surface area contributed by atoms with Gasteiger partial charge in [0.1, 0.15) is 18.0 Å². The second kappa shape index (κ2) is 4.47. The summed E-state index contributed by atoms with van der Waals surface area (Å²) in [6.45, 7) is 0. The van der Waals surface area contributed by atoms with E-state index in [0.29, 0.717) is 11.4 Å². The van der Waals surface area contributed by atoms with Crippen molar-refractivity contribution in [1.82, 2.24) is 9.55 Å². The number of aromatic nitrogens is 2. The Kier molecular flexibility index (Phi) is 3.03. The van der Waals surface area contributed by atoms with Gasteiger partial charge in [0, 0.05) is 19.4 Å². The summed E-state index contributed by atoms with van der Waals surface area (Å²) in [5, 5.41) is 20.0. The quantitative estimate of drug-likeness (QED) is 0.813. The van der Waals surface area contributed by atoms with Gasteiger partial charge < -0.3 is 14.8 Å². The van der Waals surface area contributed by atoms with E-state index in [1.807, 2.05) is 18.2 Å². The Morgan fingerprint density at radius 1 is 1.12 bits per heavy atom. The zero-order valence-corrected chi connectivity index (χ0v) is 8.99. The van der Waals surface area contributed by atoms with Gasteiger partial charge in [0.05, 0.1) is 0 Å². The highest BCUT2D eigenvalue weighted by Gasteiger charge is 2.23. The van der Waals surface area contributed by atoms with Gasteiger partial charge in [-0.05, 0) is 5.56 Å². The molecule has 2 atom stereocenters. The third-order valence-electron chi connectivity index (χ3n) is 2.56. The van der Waals surface area contributed by atoms with Crippen molar-refractivity contribution in [2.75, 3.05) is 0 Å². The van der Waals surface area contributed by atoms with Crippen LogP contribution in [0, 0.1) is 0 Å². The highest BCUT2D eigenvalue weighted by Crippen LogP contribution is 2.26. The Morgan fingerprint density at radius 3 is 2.38 bits per heavy atom. The molecule has 2 unspecified atom stereocenters. The van der Waals surface area contributed by atoms with Gasteiger partial charge in [0.2, 0.25) is 0 Å². The molecule has 0 aliphatic heterocycles. The first-order chi connectivity index (χ1) is 7.70. The van der Waals surface area contributed by atoms with Gasteiger partial charge in [-0.2, -0.15) is 0 Å². The van der Waals surface area contributed by atoms with E-state index in [0.717, 1.165) is 0 Å². The van der Waals surface area contributed by atoms with Crippen LogP contribution in [0.4, 0.5) is 0 Å². The van der Waals surface area contributed by atoms with Crippen LogP contribution < -0.4 is 0 Å². The molecule has 0 spiro atoms. The van der Waals surface area contributed by atoms with Crippen molar-refractivity contribution in [1.29, 1.82) is 0 Å². The highest BCUT2D eigenvalue weighted by atomic mass is 16.3. The van der Waals surface area contributed by atoms with Crippen molar-refractivity contribution in [3.8, 4) is 0 Å². The number of hydrogen-bond acceptors (Lipinski definition) is 3. The maximum absolute atomic E-state index is 9.98. The number of hydrogen-bond donors (Lipinski definition) is 2. The van der Waals surface area contributed by atoms with E-state index in [9.17, 15) is 10.2 Å². The van der Waals surface area contributed by atoms with E-state index in [-0.39, 0.29) is 0 Å². The predicted molar refractivity (Wildman–Crippen MR) is 59.6 cm³/mol. The normalized spacial score (nSPS) is 14.7. The molecule has 0 saturated heterocycles. The number of nitrogens with zero attached hydrogens (tertiary/aromatic N) is 2. The molecule has 0 saturated carbocycles. The van der Waals surface area contributed by atoms with Gasteiger partial charge in [0.25, 0.3) is 0 Å². The molecule has 1 aromatic carbocycles. The molecular weight excluding hydrogens is 204 g/mol. The van der Waals surface area contributed by atoms with Gasteiger partial charge >= 0.3 is 0 Å². The Bertz CT molecular complexity index is 453. The lowest BCUT2D eigenvalue weighted by molar-refractivity contribution is 0.0102. The summed E-state index contributed by atoms with van der Waals surface area (Å²) in [7, 11) is 1.78. The summed E-state index contributed by atoms with van der Waals surface area (Å²) >= 11 is 0. The second-order valence-electron chi connectivity index (χ2n) is 3.70. The summed E-state index contributed by atoms with van der Waals surface area (Å²) in [6.07, 6.45) is 1.36. The summed E-state index contributed by atoms with van der Waals surface area (Å²) in [4.78, 5) is 4.02. The van der Waals surface area contributed by atoms with Crippen LogP contribution in [0.2, 0.25) is 0 Å². The SMILES string of the molecule is Cn1ccnc1C(O)C(O)c1ccccc1. The minimum absolute atomic E-state index is 0.455. The van der Waals surface area contributed by atoms with E-state index in [4.69, 9.17) is 0 Å². The van der Waals surface area contributed by atoms with Crippen LogP contribution in [0.15, 0.2) is 42.7 Å². The van der Waals surface area contributed by atoms with Crippen molar-refractivity contribution in [2.24, 2.45) is 7.05 Å². The number of benzene rings is 1.